The molecule has 0 amide bonds. The van der Waals surface area contributed by atoms with Crippen LogP contribution in [0.4, 0.5) is 0 Å². The van der Waals surface area contributed by atoms with E-state index < -0.39 is 30.0 Å². The first-order valence-corrected chi connectivity index (χ1v) is 8.13. The fraction of sp³-hybridized carbons (Fsp3) is 0. The SMILES string of the molecule is O=S(=O)([O-])c1ccccc1-c1ccccc1S(=O)(=O)[O-].[Na+].[Na+]. The summed E-state index contributed by atoms with van der Waals surface area (Å²) in [4.78, 5) is -1.15. The van der Waals surface area contributed by atoms with Crippen molar-refractivity contribution in [2.75, 3.05) is 0 Å². The molecular formula is C12H8Na2O6S2. The number of rotatable bonds is 3. The van der Waals surface area contributed by atoms with E-state index in [-0.39, 0.29) is 70.2 Å². The molecule has 10 heteroatoms. The molecule has 6 nitrogen and oxygen atoms in total. The summed E-state index contributed by atoms with van der Waals surface area (Å²) < 4.78 is 67.2. The zero-order valence-electron chi connectivity index (χ0n) is 11.9. The average molecular weight is 358 g/mol. The summed E-state index contributed by atoms with van der Waals surface area (Å²) in [6.07, 6.45) is 0. The normalized spacial score (nSPS) is 11.2. The molecule has 0 fully saturated rings. The van der Waals surface area contributed by atoms with Crippen LogP contribution in [0.3, 0.4) is 0 Å². The predicted octanol–water partition coefficient (Wildman–Crippen LogP) is -4.83. The summed E-state index contributed by atoms with van der Waals surface area (Å²) in [5, 5.41) is 0. The van der Waals surface area contributed by atoms with E-state index >= 15 is 0 Å². The van der Waals surface area contributed by atoms with Crippen molar-refractivity contribution in [3.05, 3.63) is 48.5 Å². The third-order valence-electron chi connectivity index (χ3n) is 2.60. The van der Waals surface area contributed by atoms with Gasteiger partial charge in [-0.3, -0.25) is 0 Å². The van der Waals surface area contributed by atoms with Crippen molar-refractivity contribution in [1.29, 1.82) is 0 Å². The van der Waals surface area contributed by atoms with Crippen molar-refractivity contribution < 1.29 is 85.1 Å². The fourth-order valence-electron chi connectivity index (χ4n) is 1.81. The van der Waals surface area contributed by atoms with Crippen LogP contribution in [-0.2, 0) is 20.2 Å². The number of hydrogen-bond acceptors (Lipinski definition) is 6. The summed E-state index contributed by atoms with van der Waals surface area (Å²) in [6.45, 7) is 0. The molecule has 0 unspecified atom stereocenters. The Morgan fingerprint density at radius 2 is 0.864 bits per heavy atom. The van der Waals surface area contributed by atoms with E-state index in [1.54, 1.807) is 0 Å². The first kappa shape index (κ1) is 22.3. The summed E-state index contributed by atoms with van der Waals surface area (Å²) in [7, 11) is -9.58. The Bertz CT molecular complexity index is 789. The predicted molar refractivity (Wildman–Crippen MR) is 67.8 cm³/mol. The minimum Gasteiger partial charge on any atom is -0.744 e. The number of hydrogen-bond donors (Lipinski definition) is 0. The quantitative estimate of drug-likeness (QED) is 0.402. The van der Waals surface area contributed by atoms with Gasteiger partial charge in [0.2, 0.25) is 0 Å². The van der Waals surface area contributed by atoms with Crippen molar-refractivity contribution in [2.24, 2.45) is 0 Å². The van der Waals surface area contributed by atoms with Gasteiger partial charge in [-0.1, -0.05) is 36.4 Å². The molecule has 106 valence electrons. The Kier molecular flexibility index (Phi) is 8.48. The molecule has 0 atom stereocenters. The maximum atomic E-state index is 11.2. The molecule has 0 aromatic heterocycles. The Labute approximate surface area is 173 Å². The summed E-state index contributed by atoms with van der Waals surface area (Å²) >= 11 is 0. The molecule has 0 N–H and O–H groups in total. The monoisotopic (exact) mass is 358 g/mol. The fourth-order valence-corrected chi connectivity index (χ4v) is 3.20. The van der Waals surface area contributed by atoms with E-state index in [1.165, 1.54) is 36.4 Å². The van der Waals surface area contributed by atoms with E-state index in [0.29, 0.717) is 0 Å². The largest absolute Gasteiger partial charge is 1.00 e. The minimum absolute atomic E-state index is 0. The zero-order valence-corrected chi connectivity index (χ0v) is 17.5. The average Bonchev–Trinajstić information content (AvgIpc) is 2.37. The van der Waals surface area contributed by atoms with Gasteiger partial charge in [0.05, 0.1) is 9.79 Å². The molecule has 0 aliphatic carbocycles. The second-order valence-corrected chi connectivity index (χ2v) is 6.60. The molecule has 22 heavy (non-hydrogen) atoms. The van der Waals surface area contributed by atoms with Gasteiger partial charge in [0.25, 0.3) is 0 Å². The van der Waals surface area contributed by atoms with Gasteiger partial charge in [-0.2, -0.15) is 0 Å². The van der Waals surface area contributed by atoms with E-state index in [4.69, 9.17) is 0 Å². The van der Waals surface area contributed by atoms with E-state index in [1.807, 2.05) is 0 Å². The van der Waals surface area contributed by atoms with Crippen LogP contribution in [0.2, 0.25) is 0 Å². The molecule has 0 heterocycles. The first-order chi connectivity index (χ1) is 9.21. The smallest absolute Gasteiger partial charge is 0.744 e. The Balaban J connectivity index is 0.00000220. The van der Waals surface area contributed by atoms with Crippen LogP contribution >= 0.6 is 0 Å². The summed E-state index contributed by atoms with van der Waals surface area (Å²) in [6, 6.07) is 10.2. The van der Waals surface area contributed by atoms with E-state index in [2.05, 4.69) is 0 Å². The summed E-state index contributed by atoms with van der Waals surface area (Å²) in [5.41, 5.74) is -0.227. The van der Waals surface area contributed by atoms with Gasteiger partial charge in [0, 0.05) is 11.1 Å². The van der Waals surface area contributed by atoms with Crippen molar-refractivity contribution in [3.8, 4) is 11.1 Å². The maximum absolute atomic E-state index is 11.2. The molecule has 0 bridgehead atoms. The van der Waals surface area contributed by atoms with Crippen LogP contribution in [0.1, 0.15) is 0 Å². The second kappa shape index (κ2) is 8.39. The molecular weight excluding hydrogens is 350 g/mol. The van der Waals surface area contributed by atoms with Gasteiger partial charge in [-0.15, -0.1) is 0 Å². The molecule has 2 rings (SSSR count). The Morgan fingerprint density at radius 1 is 0.591 bits per heavy atom. The first-order valence-electron chi connectivity index (χ1n) is 5.31. The molecule has 0 radical (unpaired) electrons. The molecule has 0 saturated carbocycles. The summed E-state index contributed by atoms with van der Waals surface area (Å²) in [5.74, 6) is 0. The standard InChI is InChI=1S/C12H10O6S2.2Na/c13-19(14,15)11-7-3-1-5-9(11)10-6-2-4-8-12(10)20(16,17)18;;/h1-8H,(H,13,14,15)(H,16,17,18);;/q;2*+1/p-2. The Morgan fingerprint density at radius 3 is 1.14 bits per heavy atom. The van der Waals surface area contributed by atoms with Gasteiger partial charge < -0.3 is 9.11 Å². The van der Waals surface area contributed by atoms with Crippen LogP contribution in [0.15, 0.2) is 58.3 Å². The number of benzene rings is 2. The van der Waals surface area contributed by atoms with Crippen LogP contribution in [0.5, 0.6) is 0 Å². The third kappa shape index (κ3) is 5.13. The molecule has 0 spiro atoms. The van der Waals surface area contributed by atoms with Crippen molar-refractivity contribution >= 4 is 20.2 Å². The Hall–Kier alpha value is 0.260. The van der Waals surface area contributed by atoms with Gasteiger partial charge in [-0.05, 0) is 12.1 Å². The van der Waals surface area contributed by atoms with Crippen molar-refractivity contribution in [2.45, 2.75) is 9.79 Å². The van der Waals surface area contributed by atoms with Crippen LogP contribution in [0, 0.1) is 0 Å². The van der Waals surface area contributed by atoms with Gasteiger partial charge in [-0.25, -0.2) is 16.8 Å². The van der Waals surface area contributed by atoms with Crippen molar-refractivity contribution in [3.63, 3.8) is 0 Å². The maximum Gasteiger partial charge on any atom is 1.00 e. The third-order valence-corrected chi connectivity index (χ3v) is 4.39. The van der Waals surface area contributed by atoms with Crippen LogP contribution < -0.4 is 59.1 Å². The second-order valence-electron chi connectivity index (χ2n) is 3.90. The molecule has 2 aromatic carbocycles. The van der Waals surface area contributed by atoms with E-state index in [0.717, 1.165) is 12.1 Å². The van der Waals surface area contributed by atoms with Crippen molar-refractivity contribution in [1.82, 2.24) is 0 Å². The topological polar surface area (TPSA) is 114 Å². The van der Waals surface area contributed by atoms with E-state index in [9.17, 15) is 25.9 Å². The van der Waals surface area contributed by atoms with Crippen LogP contribution in [-0.4, -0.2) is 25.9 Å². The molecule has 0 saturated heterocycles. The van der Waals surface area contributed by atoms with Crippen LogP contribution in [0.25, 0.3) is 11.1 Å². The molecule has 2 aromatic rings. The minimum atomic E-state index is -4.79. The van der Waals surface area contributed by atoms with Gasteiger partial charge in [0.1, 0.15) is 20.2 Å². The molecule has 0 aliphatic heterocycles. The van der Waals surface area contributed by atoms with Gasteiger partial charge in [0.15, 0.2) is 0 Å². The van der Waals surface area contributed by atoms with Gasteiger partial charge >= 0.3 is 59.1 Å². The molecule has 0 aliphatic rings. The zero-order chi connectivity index (χ0) is 15.0.